The monoisotopic (exact) mass is 277 g/mol. The van der Waals surface area contributed by atoms with Crippen molar-refractivity contribution < 1.29 is 0 Å². The Labute approximate surface area is 127 Å². The predicted molar refractivity (Wildman–Crippen MR) is 87.5 cm³/mol. The topological polar surface area (TPSA) is 12.0 Å². The van der Waals surface area contributed by atoms with Gasteiger partial charge in [-0.1, -0.05) is 48.5 Å². The van der Waals surface area contributed by atoms with Crippen molar-refractivity contribution in [2.75, 3.05) is 0 Å². The number of fused-ring (bicyclic) bond motifs is 2. The first-order valence-corrected chi connectivity index (χ1v) is 8.31. The van der Waals surface area contributed by atoms with Crippen molar-refractivity contribution in [2.24, 2.45) is 0 Å². The summed E-state index contributed by atoms with van der Waals surface area (Å²) in [5.74, 6) is 0. The van der Waals surface area contributed by atoms with Crippen molar-refractivity contribution in [2.45, 2.75) is 50.6 Å². The van der Waals surface area contributed by atoms with E-state index in [1.807, 2.05) is 0 Å². The molecule has 0 saturated heterocycles. The maximum absolute atomic E-state index is 3.95. The molecule has 4 rings (SSSR count). The first-order chi connectivity index (χ1) is 10.4. The third kappa shape index (κ3) is 2.63. The molecule has 2 aromatic carbocycles. The highest BCUT2D eigenvalue weighted by Gasteiger charge is 2.24. The standard InChI is InChI=1S/C20H23N/c1-2-8-17-14-18(13-12-15(17)6-1)21-20-11-5-9-16-7-3-4-10-19(16)20/h1-4,6-8,10,18,20-21H,5,9,11-14H2. The Morgan fingerprint density at radius 1 is 0.762 bits per heavy atom. The summed E-state index contributed by atoms with van der Waals surface area (Å²) in [5, 5.41) is 3.95. The van der Waals surface area contributed by atoms with Crippen LogP contribution in [0.25, 0.3) is 0 Å². The normalized spacial score (nSPS) is 24.2. The van der Waals surface area contributed by atoms with Gasteiger partial charge in [0, 0.05) is 12.1 Å². The van der Waals surface area contributed by atoms with E-state index >= 15 is 0 Å². The molecular weight excluding hydrogens is 254 g/mol. The van der Waals surface area contributed by atoms with Crippen molar-refractivity contribution in [1.29, 1.82) is 0 Å². The van der Waals surface area contributed by atoms with Crippen LogP contribution < -0.4 is 5.32 Å². The van der Waals surface area contributed by atoms with Crippen molar-refractivity contribution in [1.82, 2.24) is 5.32 Å². The molecule has 0 saturated carbocycles. The van der Waals surface area contributed by atoms with Crippen LogP contribution in [0.4, 0.5) is 0 Å². The fraction of sp³-hybridized carbons (Fsp3) is 0.400. The van der Waals surface area contributed by atoms with Crippen molar-refractivity contribution in [3.05, 3.63) is 70.8 Å². The van der Waals surface area contributed by atoms with Gasteiger partial charge >= 0.3 is 0 Å². The summed E-state index contributed by atoms with van der Waals surface area (Å²) in [6, 6.07) is 19.1. The van der Waals surface area contributed by atoms with Gasteiger partial charge < -0.3 is 5.32 Å². The van der Waals surface area contributed by atoms with Crippen LogP contribution in [0, 0.1) is 0 Å². The molecule has 0 heterocycles. The van der Waals surface area contributed by atoms with Crippen LogP contribution in [0.1, 0.15) is 47.6 Å². The zero-order chi connectivity index (χ0) is 14.1. The predicted octanol–water partition coefficient (Wildman–Crippen LogP) is 4.21. The molecule has 0 spiro atoms. The fourth-order valence-electron chi connectivity index (χ4n) is 4.05. The number of hydrogen-bond acceptors (Lipinski definition) is 1. The maximum atomic E-state index is 3.95. The number of benzene rings is 2. The minimum Gasteiger partial charge on any atom is -0.307 e. The molecule has 0 aliphatic heterocycles. The van der Waals surface area contributed by atoms with Gasteiger partial charge in [0.15, 0.2) is 0 Å². The first-order valence-electron chi connectivity index (χ1n) is 8.31. The van der Waals surface area contributed by atoms with Gasteiger partial charge in [-0.15, -0.1) is 0 Å². The van der Waals surface area contributed by atoms with Crippen LogP contribution in [-0.2, 0) is 19.3 Å². The van der Waals surface area contributed by atoms with E-state index in [1.165, 1.54) is 38.5 Å². The summed E-state index contributed by atoms with van der Waals surface area (Å²) in [5.41, 5.74) is 6.20. The van der Waals surface area contributed by atoms with Crippen LogP contribution >= 0.6 is 0 Å². The molecular formula is C20H23N. The lowest BCUT2D eigenvalue weighted by Gasteiger charge is -2.33. The zero-order valence-electron chi connectivity index (χ0n) is 12.5. The highest BCUT2D eigenvalue weighted by atomic mass is 15.0. The number of hydrogen-bond donors (Lipinski definition) is 1. The SMILES string of the molecule is c1ccc2c(c1)CCC(NC1CCCc3ccccc31)C2. The van der Waals surface area contributed by atoms with Crippen molar-refractivity contribution >= 4 is 0 Å². The minimum absolute atomic E-state index is 0.560. The van der Waals surface area contributed by atoms with Crippen molar-refractivity contribution in [3.8, 4) is 0 Å². The summed E-state index contributed by atoms with van der Waals surface area (Å²) in [4.78, 5) is 0. The largest absolute Gasteiger partial charge is 0.307 e. The molecule has 0 aromatic heterocycles. The van der Waals surface area contributed by atoms with Crippen LogP contribution in [0.15, 0.2) is 48.5 Å². The highest BCUT2D eigenvalue weighted by Crippen LogP contribution is 2.31. The molecule has 1 nitrogen and oxygen atoms in total. The van der Waals surface area contributed by atoms with E-state index in [-0.39, 0.29) is 0 Å². The van der Waals surface area contributed by atoms with E-state index in [0.717, 1.165) is 0 Å². The van der Waals surface area contributed by atoms with Gasteiger partial charge in [0.05, 0.1) is 0 Å². The van der Waals surface area contributed by atoms with E-state index < -0.39 is 0 Å². The molecule has 2 atom stereocenters. The molecule has 2 aromatic rings. The van der Waals surface area contributed by atoms with E-state index in [4.69, 9.17) is 0 Å². The Balaban J connectivity index is 1.51. The molecule has 2 aliphatic carbocycles. The van der Waals surface area contributed by atoms with E-state index in [0.29, 0.717) is 12.1 Å². The van der Waals surface area contributed by atoms with E-state index in [2.05, 4.69) is 53.8 Å². The van der Waals surface area contributed by atoms with E-state index in [9.17, 15) is 0 Å². The zero-order valence-corrected chi connectivity index (χ0v) is 12.5. The van der Waals surface area contributed by atoms with Gasteiger partial charge in [0.2, 0.25) is 0 Å². The van der Waals surface area contributed by atoms with Crippen LogP contribution in [0.5, 0.6) is 0 Å². The number of aryl methyl sites for hydroxylation is 2. The Bertz CT molecular complexity index is 631. The summed E-state index contributed by atoms with van der Waals surface area (Å²) < 4.78 is 0. The molecule has 21 heavy (non-hydrogen) atoms. The highest BCUT2D eigenvalue weighted by molar-refractivity contribution is 5.33. The second-order valence-electron chi connectivity index (χ2n) is 6.52. The summed E-state index contributed by atoms with van der Waals surface area (Å²) in [7, 11) is 0. The van der Waals surface area contributed by atoms with Gasteiger partial charge in [0.25, 0.3) is 0 Å². The summed E-state index contributed by atoms with van der Waals surface area (Å²) >= 11 is 0. The van der Waals surface area contributed by atoms with Crippen LogP contribution in [-0.4, -0.2) is 6.04 Å². The average molecular weight is 277 g/mol. The Hall–Kier alpha value is -1.60. The fourth-order valence-corrected chi connectivity index (χ4v) is 4.05. The van der Waals surface area contributed by atoms with Gasteiger partial charge in [-0.2, -0.15) is 0 Å². The maximum Gasteiger partial charge on any atom is 0.0325 e. The summed E-state index contributed by atoms with van der Waals surface area (Å²) in [6.07, 6.45) is 7.54. The number of nitrogens with one attached hydrogen (secondary N) is 1. The lowest BCUT2D eigenvalue weighted by atomic mass is 9.84. The second kappa shape index (κ2) is 5.65. The first kappa shape index (κ1) is 13.1. The number of rotatable bonds is 2. The molecule has 1 heteroatoms. The van der Waals surface area contributed by atoms with Crippen LogP contribution in [0.2, 0.25) is 0 Å². The Morgan fingerprint density at radius 3 is 2.43 bits per heavy atom. The van der Waals surface area contributed by atoms with Crippen molar-refractivity contribution in [3.63, 3.8) is 0 Å². The quantitative estimate of drug-likeness (QED) is 0.867. The smallest absolute Gasteiger partial charge is 0.0325 e. The molecule has 1 N–H and O–H groups in total. The minimum atomic E-state index is 0.560. The molecule has 0 radical (unpaired) electrons. The van der Waals surface area contributed by atoms with E-state index in [1.54, 1.807) is 22.3 Å². The van der Waals surface area contributed by atoms with Gasteiger partial charge in [-0.3, -0.25) is 0 Å². The molecule has 0 bridgehead atoms. The third-order valence-corrected chi connectivity index (χ3v) is 5.15. The lowest BCUT2D eigenvalue weighted by molar-refractivity contribution is 0.368. The average Bonchev–Trinajstić information content (AvgIpc) is 2.55. The molecule has 0 amide bonds. The Morgan fingerprint density at radius 2 is 1.52 bits per heavy atom. The molecule has 2 aliphatic rings. The van der Waals surface area contributed by atoms with Gasteiger partial charge in [-0.05, 0) is 60.8 Å². The van der Waals surface area contributed by atoms with Gasteiger partial charge in [-0.25, -0.2) is 0 Å². The summed E-state index contributed by atoms with van der Waals surface area (Å²) in [6.45, 7) is 0. The van der Waals surface area contributed by atoms with Gasteiger partial charge in [0.1, 0.15) is 0 Å². The Kier molecular flexibility index (Phi) is 3.52. The third-order valence-electron chi connectivity index (χ3n) is 5.15. The molecule has 2 unspecified atom stereocenters. The second-order valence-corrected chi connectivity index (χ2v) is 6.52. The lowest BCUT2D eigenvalue weighted by Crippen LogP contribution is -2.38. The van der Waals surface area contributed by atoms with Crippen LogP contribution in [0.3, 0.4) is 0 Å². The molecule has 0 fully saturated rings. The molecule has 108 valence electrons.